The average molecular weight is 438 g/mol. The molecular formula is C27H35NO4. The number of nitrogens with zero attached hydrogens (tertiary/aromatic N) is 1. The summed E-state index contributed by atoms with van der Waals surface area (Å²) in [6.07, 6.45) is 11.8. The summed E-state index contributed by atoms with van der Waals surface area (Å²) in [6.45, 7) is 12.7. The highest BCUT2D eigenvalue weighted by Crippen LogP contribution is 2.52. The van der Waals surface area contributed by atoms with Crippen molar-refractivity contribution < 1.29 is 14.5 Å². The highest BCUT2D eigenvalue weighted by atomic mass is 16.6. The monoisotopic (exact) mass is 437 g/mol. The number of rotatable bonds is 5. The van der Waals surface area contributed by atoms with Crippen LogP contribution in [0.25, 0.3) is 5.57 Å². The predicted octanol–water partition coefficient (Wildman–Crippen LogP) is 6.73. The van der Waals surface area contributed by atoms with Gasteiger partial charge in [-0.15, -0.1) is 0 Å². The molecule has 2 aliphatic carbocycles. The van der Waals surface area contributed by atoms with E-state index in [0.29, 0.717) is 12.3 Å². The molecule has 0 aliphatic heterocycles. The van der Waals surface area contributed by atoms with Gasteiger partial charge < -0.3 is 4.74 Å². The fourth-order valence-corrected chi connectivity index (χ4v) is 5.05. The Morgan fingerprint density at radius 2 is 1.88 bits per heavy atom. The van der Waals surface area contributed by atoms with E-state index in [4.69, 9.17) is 4.74 Å². The van der Waals surface area contributed by atoms with Crippen LogP contribution in [0.15, 0.2) is 35.9 Å². The molecule has 0 spiro atoms. The molecule has 0 bridgehead atoms. The smallest absolute Gasteiger partial charge is 0.330 e. The summed E-state index contributed by atoms with van der Waals surface area (Å²) in [6, 6.07) is 2.23. The van der Waals surface area contributed by atoms with Gasteiger partial charge in [-0.05, 0) is 85.1 Å². The molecule has 2 aliphatic rings. The number of carbonyl (C=O) groups excluding carboxylic acids is 1. The normalized spacial score (nSPS) is 20.7. The zero-order chi connectivity index (χ0) is 23.7. The topological polar surface area (TPSA) is 69.4 Å². The Bertz CT molecular complexity index is 1020. The molecule has 3 rings (SSSR count). The van der Waals surface area contributed by atoms with Crippen molar-refractivity contribution in [1.82, 2.24) is 0 Å². The lowest BCUT2D eigenvalue weighted by atomic mass is 9.61. The third-order valence-electron chi connectivity index (χ3n) is 6.88. The van der Waals surface area contributed by atoms with Gasteiger partial charge in [-0.1, -0.05) is 45.9 Å². The summed E-state index contributed by atoms with van der Waals surface area (Å²) in [5, 5.41) is 12.3. The number of hydrogen-bond donors (Lipinski definition) is 0. The third kappa shape index (κ3) is 4.72. The fourth-order valence-electron chi connectivity index (χ4n) is 5.05. The standard InChI is InChI=1S/C27H35NO4/c1-7-32-23(29)16-18(2)10-8-11-19-12-9-13-20-21(19)17-22-24(25(20)28(30)31)27(5,6)15-14-26(22,3)4/h8,10-11,16-17H,7,9,12-15H2,1-6H3/b10-8+,18-16+,19-11+. The molecular weight excluding hydrogens is 402 g/mol. The third-order valence-corrected chi connectivity index (χ3v) is 6.88. The lowest BCUT2D eigenvalue weighted by molar-refractivity contribution is -0.387. The molecule has 1 aromatic carbocycles. The minimum Gasteiger partial charge on any atom is -0.463 e. The summed E-state index contributed by atoms with van der Waals surface area (Å²) < 4.78 is 4.95. The number of allylic oxidation sites excluding steroid dienone is 5. The fraction of sp³-hybridized carbons (Fsp3) is 0.519. The largest absolute Gasteiger partial charge is 0.463 e. The van der Waals surface area contributed by atoms with Crippen molar-refractivity contribution in [3.63, 3.8) is 0 Å². The maximum Gasteiger partial charge on any atom is 0.330 e. The molecule has 0 saturated heterocycles. The van der Waals surface area contributed by atoms with Crippen LogP contribution in [-0.2, 0) is 26.8 Å². The van der Waals surface area contributed by atoms with Gasteiger partial charge in [0, 0.05) is 17.2 Å². The lowest BCUT2D eigenvalue weighted by Gasteiger charge is -2.42. The SMILES string of the molecule is CCOC(=O)/C=C(C)/C=C/C=C1\CCCc2c1cc1c(c2[N+](=O)[O-])C(C)(C)CCC1(C)C. The van der Waals surface area contributed by atoms with Crippen LogP contribution in [0.2, 0.25) is 0 Å². The Kier molecular flexibility index (Phi) is 6.77. The van der Waals surface area contributed by atoms with Crippen LogP contribution in [-0.4, -0.2) is 17.5 Å². The van der Waals surface area contributed by atoms with Crippen molar-refractivity contribution in [1.29, 1.82) is 0 Å². The number of nitro groups is 1. The van der Waals surface area contributed by atoms with Crippen molar-refractivity contribution in [2.45, 2.75) is 84.5 Å². The lowest BCUT2D eigenvalue weighted by Crippen LogP contribution is -2.35. The van der Waals surface area contributed by atoms with Crippen molar-refractivity contribution in [2.75, 3.05) is 6.61 Å². The summed E-state index contributed by atoms with van der Waals surface area (Å²) in [4.78, 5) is 23.8. The van der Waals surface area contributed by atoms with E-state index in [-0.39, 0.29) is 21.7 Å². The summed E-state index contributed by atoms with van der Waals surface area (Å²) in [5.74, 6) is -0.350. The second kappa shape index (κ2) is 9.05. The summed E-state index contributed by atoms with van der Waals surface area (Å²) in [5.41, 5.74) is 5.90. The van der Waals surface area contributed by atoms with Gasteiger partial charge in [-0.3, -0.25) is 10.1 Å². The van der Waals surface area contributed by atoms with Crippen molar-refractivity contribution in [3.8, 4) is 0 Å². The molecule has 32 heavy (non-hydrogen) atoms. The molecule has 172 valence electrons. The number of esters is 1. The quantitative estimate of drug-likeness (QED) is 0.168. The highest BCUT2D eigenvalue weighted by molar-refractivity contribution is 5.83. The molecule has 0 unspecified atom stereocenters. The minimum absolute atomic E-state index is 0.0952. The van der Waals surface area contributed by atoms with E-state index in [1.165, 1.54) is 6.08 Å². The molecule has 0 atom stereocenters. The van der Waals surface area contributed by atoms with Crippen LogP contribution in [0.3, 0.4) is 0 Å². The van der Waals surface area contributed by atoms with Crippen LogP contribution in [0.4, 0.5) is 5.69 Å². The number of fused-ring (bicyclic) bond motifs is 2. The Labute approximate surface area is 191 Å². The Morgan fingerprint density at radius 1 is 1.19 bits per heavy atom. The molecule has 0 fully saturated rings. The van der Waals surface area contributed by atoms with Gasteiger partial charge in [0.1, 0.15) is 0 Å². The maximum atomic E-state index is 12.3. The van der Waals surface area contributed by atoms with Gasteiger partial charge in [0.05, 0.1) is 11.5 Å². The first kappa shape index (κ1) is 24.0. The second-order valence-electron chi connectivity index (χ2n) is 10.2. The van der Waals surface area contributed by atoms with E-state index in [1.54, 1.807) is 6.92 Å². The molecule has 0 radical (unpaired) electrons. The molecule has 1 aromatic rings. The highest BCUT2D eigenvalue weighted by Gasteiger charge is 2.44. The van der Waals surface area contributed by atoms with Gasteiger partial charge in [-0.2, -0.15) is 0 Å². The number of hydrogen-bond acceptors (Lipinski definition) is 4. The number of benzene rings is 1. The van der Waals surface area contributed by atoms with E-state index in [2.05, 4.69) is 33.8 Å². The first-order valence-electron chi connectivity index (χ1n) is 11.6. The first-order chi connectivity index (χ1) is 15.0. The predicted molar refractivity (Wildman–Crippen MR) is 129 cm³/mol. The Hall–Kier alpha value is -2.69. The molecule has 0 N–H and O–H groups in total. The van der Waals surface area contributed by atoms with Crippen molar-refractivity contribution in [2.24, 2.45) is 0 Å². The van der Waals surface area contributed by atoms with Crippen molar-refractivity contribution >= 4 is 17.2 Å². The summed E-state index contributed by atoms with van der Waals surface area (Å²) in [7, 11) is 0. The number of nitro benzene ring substituents is 1. The van der Waals surface area contributed by atoms with E-state index >= 15 is 0 Å². The van der Waals surface area contributed by atoms with Crippen LogP contribution in [0, 0.1) is 10.1 Å². The summed E-state index contributed by atoms with van der Waals surface area (Å²) >= 11 is 0. The van der Waals surface area contributed by atoms with Crippen LogP contribution < -0.4 is 0 Å². The molecule has 5 heteroatoms. The maximum absolute atomic E-state index is 12.3. The second-order valence-corrected chi connectivity index (χ2v) is 10.2. The molecule has 5 nitrogen and oxygen atoms in total. The first-order valence-corrected chi connectivity index (χ1v) is 11.6. The van der Waals surface area contributed by atoms with Gasteiger partial charge in [0.2, 0.25) is 0 Å². The van der Waals surface area contributed by atoms with Gasteiger partial charge >= 0.3 is 5.97 Å². The zero-order valence-corrected chi connectivity index (χ0v) is 20.2. The van der Waals surface area contributed by atoms with Crippen molar-refractivity contribution in [3.05, 3.63) is 68.3 Å². The Balaban J connectivity index is 2.11. The van der Waals surface area contributed by atoms with Gasteiger partial charge in [0.25, 0.3) is 5.69 Å². The van der Waals surface area contributed by atoms with E-state index < -0.39 is 0 Å². The molecule has 0 heterocycles. The zero-order valence-electron chi connectivity index (χ0n) is 20.2. The Morgan fingerprint density at radius 3 is 2.53 bits per heavy atom. The van der Waals surface area contributed by atoms with E-state index in [9.17, 15) is 14.9 Å². The molecule has 0 aromatic heterocycles. The van der Waals surface area contributed by atoms with E-state index in [1.807, 2.05) is 25.2 Å². The van der Waals surface area contributed by atoms with Gasteiger partial charge in [-0.25, -0.2) is 4.79 Å². The van der Waals surface area contributed by atoms with Crippen LogP contribution >= 0.6 is 0 Å². The average Bonchev–Trinajstić information content (AvgIpc) is 2.70. The number of ether oxygens (including phenoxy) is 1. The van der Waals surface area contributed by atoms with Crippen LogP contribution in [0.5, 0.6) is 0 Å². The minimum atomic E-state index is -0.350. The van der Waals surface area contributed by atoms with E-state index in [0.717, 1.165) is 65.5 Å². The molecule has 0 amide bonds. The number of carbonyl (C=O) groups is 1. The van der Waals surface area contributed by atoms with Crippen LogP contribution in [0.1, 0.15) is 89.5 Å². The molecule has 0 saturated carbocycles. The van der Waals surface area contributed by atoms with Gasteiger partial charge in [0.15, 0.2) is 0 Å².